The lowest BCUT2D eigenvalue weighted by molar-refractivity contribution is -0.138. The van der Waals surface area contributed by atoms with Crippen molar-refractivity contribution in [1.29, 1.82) is 0 Å². The van der Waals surface area contributed by atoms with E-state index in [4.69, 9.17) is 0 Å². The topological polar surface area (TPSA) is 57.6 Å². The smallest absolute Gasteiger partial charge is 0.416 e. The van der Waals surface area contributed by atoms with Gasteiger partial charge in [-0.2, -0.15) is 13.2 Å². The lowest BCUT2D eigenvalue weighted by atomic mass is 9.90. The van der Waals surface area contributed by atoms with Gasteiger partial charge in [-0.3, -0.25) is 4.79 Å². The van der Waals surface area contributed by atoms with Crippen LogP contribution in [0.3, 0.4) is 0 Å². The Balaban J connectivity index is 1.54. The van der Waals surface area contributed by atoms with E-state index < -0.39 is 29.0 Å². The summed E-state index contributed by atoms with van der Waals surface area (Å²) in [6.07, 6.45) is -4.19. The first-order valence-corrected chi connectivity index (χ1v) is 10.1. The van der Waals surface area contributed by atoms with Crippen LogP contribution in [0.2, 0.25) is 0 Å². The van der Waals surface area contributed by atoms with Crippen molar-refractivity contribution < 1.29 is 27.9 Å². The first-order chi connectivity index (χ1) is 15.2. The third-order valence-electron chi connectivity index (χ3n) is 6.42. The molecular weight excluding hydrogens is 419 g/mol. The van der Waals surface area contributed by atoms with Gasteiger partial charge in [0.25, 0.3) is 0 Å². The third-order valence-corrected chi connectivity index (χ3v) is 6.42. The lowest BCUT2D eigenvalue weighted by Gasteiger charge is -2.19. The van der Waals surface area contributed by atoms with E-state index in [2.05, 4.69) is 0 Å². The van der Waals surface area contributed by atoms with Crippen molar-refractivity contribution in [3.63, 3.8) is 0 Å². The van der Waals surface area contributed by atoms with E-state index in [1.165, 1.54) is 24.3 Å². The van der Waals surface area contributed by atoms with Crippen molar-refractivity contribution in [3.8, 4) is 0 Å². The van der Waals surface area contributed by atoms with Gasteiger partial charge in [-0.15, -0.1) is 0 Å². The van der Waals surface area contributed by atoms with Crippen LogP contribution in [-0.2, 0) is 22.9 Å². The van der Waals surface area contributed by atoms with Crippen LogP contribution in [0.5, 0.6) is 0 Å². The first-order valence-electron chi connectivity index (χ1n) is 10.1. The number of nitrogens with zero attached hydrogens (tertiary/aromatic N) is 1. The van der Waals surface area contributed by atoms with Gasteiger partial charge in [-0.25, -0.2) is 4.79 Å². The second-order valence-corrected chi connectivity index (χ2v) is 8.23. The average molecular weight is 437 g/mol. The summed E-state index contributed by atoms with van der Waals surface area (Å²) in [7, 11) is 0. The number of aromatic carboxylic acids is 1. The van der Waals surface area contributed by atoms with Crippen molar-refractivity contribution >= 4 is 17.6 Å². The average Bonchev–Trinajstić information content (AvgIpc) is 3.48. The third kappa shape index (κ3) is 2.99. The SMILES string of the molecule is O=C(O)c1cccc(CN2C(=O)[C@]3(C[C@H]3c3ccccc3C(F)(F)F)c3ccccc32)c1. The van der Waals surface area contributed by atoms with Crippen LogP contribution in [0.25, 0.3) is 0 Å². The number of carbonyl (C=O) groups excluding carboxylic acids is 1. The maximum atomic E-state index is 13.6. The van der Waals surface area contributed by atoms with Crippen LogP contribution in [0.1, 0.15) is 45.0 Å². The molecule has 4 nitrogen and oxygen atoms in total. The highest BCUT2D eigenvalue weighted by Gasteiger charge is 2.67. The molecule has 0 aromatic heterocycles. The molecule has 0 radical (unpaired) electrons. The second-order valence-electron chi connectivity index (χ2n) is 8.23. The summed E-state index contributed by atoms with van der Waals surface area (Å²) in [4.78, 5) is 26.5. The second kappa shape index (κ2) is 6.95. The number of carbonyl (C=O) groups is 2. The van der Waals surface area contributed by atoms with E-state index in [0.717, 1.165) is 11.6 Å². The number of alkyl halides is 3. The van der Waals surface area contributed by atoms with E-state index in [9.17, 15) is 27.9 Å². The fourth-order valence-electron chi connectivity index (χ4n) is 4.93. The highest BCUT2D eigenvalue weighted by molar-refractivity contribution is 6.11. The Hall–Kier alpha value is -3.61. The van der Waals surface area contributed by atoms with Gasteiger partial charge >= 0.3 is 12.1 Å². The molecule has 1 N–H and O–H groups in total. The summed E-state index contributed by atoms with van der Waals surface area (Å²) in [6, 6.07) is 18.9. The Bertz CT molecular complexity index is 1250. The number of halogens is 3. The van der Waals surface area contributed by atoms with Crippen LogP contribution in [0.4, 0.5) is 18.9 Å². The standard InChI is InChI=1S/C25H18F3NO3/c26-25(27,28)18-9-2-1-8-17(18)20-13-24(20)19-10-3-4-11-21(19)29(23(24)32)14-15-6-5-7-16(12-15)22(30)31/h1-12,20H,13-14H2,(H,30,31)/t20-,24+/m0/s1. The number of rotatable bonds is 4. The maximum absolute atomic E-state index is 13.6. The van der Waals surface area contributed by atoms with Gasteiger partial charge in [0, 0.05) is 11.6 Å². The molecule has 1 aliphatic heterocycles. The van der Waals surface area contributed by atoms with Crippen LogP contribution >= 0.6 is 0 Å². The van der Waals surface area contributed by atoms with Crippen molar-refractivity contribution in [3.05, 3.63) is 101 Å². The molecule has 0 unspecified atom stereocenters. The van der Waals surface area contributed by atoms with Gasteiger partial charge in [-0.05, 0) is 47.4 Å². The molecule has 2 atom stereocenters. The minimum atomic E-state index is -4.50. The van der Waals surface area contributed by atoms with Gasteiger partial charge in [0.2, 0.25) is 5.91 Å². The summed E-state index contributed by atoms with van der Waals surface area (Å²) in [6.45, 7) is 0.145. The Labute approximate surface area is 181 Å². The zero-order valence-electron chi connectivity index (χ0n) is 16.8. The monoisotopic (exact) mass is 437 g/mol. The molecule has 3 aromatic carbocycles. The molecule has 1 heterocycles. The van der Waals surface area contributed by atoms with Gasteiger partial charge in [0.05, 0.1) is 23.1 Å². The van der Waals surface area contributed by atoms with Gasteiger partial charge in [-0.1, -0.05) is 48.5 Å². The summed E-state index contributed by atoms with van der Waals surface area (Å²) in [5, 5.41) is 9.25. The molecule has 1 spiro atoms. The fourth-order valence-corrected chi connectivity index (χ4v) is 4.93. The molecule has 5 rings (SSSR count). The molecule has 1 amide bonds. The van der Waals surface area contributed by atoms with Gasteiger partial charge < -0.3 is 10.0 Å². The predicted molar refractivity (Wildman–Crippen MR) is 112 cm³/mol. The van der Waals surface area contributed by atoms with Gasteiger partial charge in [0.15, 0.2) is 0 Å². The number of hydrogen-bond donors (Lipinski definition) is 1. The quantitative estimate of drug-likeness (QED) is 0.597. The maximum Gasteiger partial charge on any atom is 0.416 e. The van der Waals surface area contributed by atoms with Crippen molar-refractivity contribution in [2.24, 2.45) is 0 Å². The number of benzene rings is 3. The van der Waals surface area contributed by atoms with E-state index in [1.54, 1.807) is 47.4 Å². The normalized spacial score (nSPS) is 21.7. The summed E-state index contributed by atoms with van der Waals surface area (Å²) >= 11 is 0. The number of anilines is 1. The largest absolute Gasteiger partial charge is 0.478 e. The van der Waals surface area contributed by atoms with Crippen LogP contribution in [0, 0.1) is 0 Å². The summed E-state index contributed by atoms with van der Waals surface area (Å²) in [5.41, 5.74) is 0.533. The Morgan fingerprint density at radius 2 is 1.75 bits per heavy atom. The number of hydrogen-bond acceptors (Lipinski definition) is 2. The van der Waals surface area contributed by atoms with Crippen LogP contribution < -0.4 is 4.90 Å². The minimum Gasteiger partial charge on any atom is -0.478 e. The minimum absolute atomic E-state index is 0.112. The Morgan fingerprint density at radius 3 is 2.50 bits per heavy atom. The number of fused-ring (bicyclic) bond motifs is 2. The number of para-hydroxylation sites is 1. The number of amides is 1. The summed E-state index contributed by atoms with van der Waals surface area (Å²) < 4.78 is 40.9. The zero-order chi connectivity index (χ0) is 22.7. The highest BCUT2D eigenvalue weighted by Crippen LogP contribution is 2.67. The van der Waals surface area contributed by atoms with E-state index >= 15 is 0 Å². The summed E-state index contributed by atoms with van der Waals surface area (Å²) in [5.74, 6) is -1.88. The molecule has 2 aliphatic rings. The lowest BCUT2D eigenvalue weighted by Crippen LogP contribution is -2.32. The van der Waals surface area contributed by atoms with Crippen molar-refractivity contribution in [1.82, 2.24) is 0 Å². The Morgan fingerprint density at radius 1 is 1.03 bits per heavy atom. The molecular formula is C25H18F3NO3. The predicted octanol–water partition coefficient (Wildman–Crippen LogP) is 5.38. The van der Waals surface area contributed by atoms with Crippen LogP contribution in [-0.4, -0.2) is 17.0 Å². The first kappa shape index (κ1) is 20.3. The molecule has 1 fully saturated rings. The van der Waals surface area contributed by atoms with Gasteiger partial charge in [0.1, 0.15) is 0 Å². The molecule has 0 bridgehead atoms. The molecule has 0 saturated heterocycles. The van der Waals surface area contributed by atoms with Crippen molar-refractivity contribution in [2.75, 3.05) is 4.90 Å². The molecule has 1 aliphatic carbocycles. The highest BCUT2D eigenvalue weighted by atomic mass is 19.4. The van der Waals surface area contributed by atoms with E-state index in [-0.39, 0.29) is 23.6 Å². The zero-order valence-corrected chi connectivity index (χ0v) is 16.8. The Kier molecular flexibility index (Phi) is 4.41. The molecule has 1 saturated carbocycles. The fraction of sp³-hybridized carbons (Fsp3) is 0.200. The molecule has 7 heteroatoms. The number of carboxylic acid groups (broad SMARTS) is 1. The molecule has 32 heavy (non-hydrogen) atoms. The van der Waals surface area contributed by atoms with E-state index in [1.807, 2.05) is 0 Å². The van der Waals surface area contributed by atoms with E-state index in [0.29, 0.717) is 17.7 Å². The van der Waals surface area contributed by atoms with Crippen LogP contribution in [0.15, 0.2) is 72.8 Å². The molecule has 3 aromatic rings. The van der Waals surface area contributed by atoms with Crippen molar-refractivity contribution in [2.45, 2.75) is 30.5 Å². The molecule has 162 valence electrons. The number of carboxylic acids is 1.